The second-order valence-electron chi connectivity index (χ2n) is 8.03. The molecule has 0 aliphatic heterocycles. The quantitative estimate of drug-likeness (QED) is 0.0891. The van der Waals surface area contributed by atoms with E-state index in [4.69, 9.17) is 24.0 Å². The van der Waals surface area contributed by atoms with Gasteiger partial charge < -0.3 is 39.5 Å². The van der Waals surface area contributed by atoms with Crippen LogP contribution in [-0.4, -0.2) is 105 Å². The van der Waals surface area contributed by atoms with Crippen molar-refractivity contribution in [2.45, 2.75) is 45.3 Å². The molecule has 1 unspecified atom stereocenters. The Morgan fingerprint density at radius 1 is 1.00 bits per heavy atom. The second kappa shape index (κ2) is 17.5. The number of amides is 1. The minimum atomic E-state index is -4.15. The Hall–Kier alpha value is -3.07. The molecule has 0 aromatic rings. The van der Waals surface area contributed by atoms with Gasteiger partial charge in [0.1, 0.15) is 11.6 Å². The van der Waals surface area contributed by atoms with Gasteiger partial charge in [-0.1, -0.05) is 0 Å². The summed E-state index contributed by atoms with van der Waals surface area (Å²) >= 11 is 0. The molecular formula is C19H40Fm2N3O8P. The van der Waals surface area contributed by atoms with Crippen LogP contribution in [0.3, 0.4) is 0 Å². The van der Waals surface area contributed by atoms with Gasteiger partial charge in [0.25, 0.3) is 0 Å². The van der Waals surface area contributed by atoms with Crippen molar-refractivity contribution < 1.29 is 38.2 Å². The van der Waals surface area contributed by atoms with Crippen molar-refractivity contribution in [2.75, 3.05) is 66.3 Å². The number of carbonyl (C=O) groups excluding carboxylic acids is 2. The average molecular weight is 984 g/mol. The van der Waals surface area contributed by atoms with E-state index >= 15 is 0 Å². The first-order valence-electron chi connectivity index (χ1n) is 10.4. The Bertz CT molecular complexity index is 576. The van der Waals surface area contributed by atoms with E-state index in [1.54, 1.807) is 27.8 Å². The first-order chi connectivity index (χ1) is 14.4. The topological polar surface area (TPSA) is 147 Å². The molecule has 0 saturated carbocycles. The third-order valence-electron chi connectivity index (χ3n) is 4.02. The molecule has 1 atom stereocenters. The van der Waals surface area contributed by atoms with Gasteiger partial charge in [-0.2, -0.15) is 0 Å². The van der Waals surface area contributed by atoms with Crippen molar-refractivity contribution in [3.05, 3.63) is 0 Å². The molecule has 0 aliphatic carbocycles. The normalized spacial score (nSPS) is 12.3. The monoisotopic (exact) mass is 983 g/mol. The molecular weight excluding hydrogens is 943 g/mol. The summed E-state index contributed by atoms with van der Waals surface area (Å²) in [5, 5.41) is 5.76. The summed E-state index contributed by atoms with van der Waals surface area (Å²) in [6, 6.07) is -0.822. The van der Waals surface area contributed by atoms with E-state index < -0.39 is 25.2 Å². The van der Waals surface area contributed by atoms with Gasteiger partial charge in [-0.3, -0.25) is 14.2 Å². The van der Waals surface area contributed by atoms with Gasteiger partial charge in [0.15, 0.2) is 0 Å². The van der Waals surface area contributed by atoms with Crippen LogP contribution in [0.25, 0.3) is 0 Å². The predicted octanol–water partition coefficient (Wildman–Crippen LogP) is -0.0448. The standard InChI is InChI=1S/C19H40N3O8P.2Fm/c1-19(2,3)30-18(24)16(21-5)15-17(23)22(8-6-14-31(25,26)27)9-11-29-13-12-28-10-7-20-4;;/h16,20-21H,6-15H2,1-5H3,(H2,25,26,27);;. The molecule has 0 rings (SSSR count). The van der Waals surface area contributed by atoms with Crippen molar-refractivity contribution in [3.63, 3.8) is 0 Å². The second-order valence-corrected chi connectivity index (χ2v) is 9.81. The smallest absolute Gasteiger partial charge is 0.325 e. The SMILES string of the molecule is CNCCOCCOCCN(CCCP(=O)(O)O)C(=O)CC(NC)C(=O)OC(C)(C)C.[Fm].[Fm]. The van der Waals surface area contributed by atoms with Gasteiger partial charge in [0.2, 0.25) is 5.91 Å². The van der Waals surface area contributed by atoms with Crippen LogP contribution in [0.5, 0.6) is 0 Å². The van der Waals surface area contributed by atoms with Gasteiger partial charge >= 0.3 is 13.6 Å². The molecule has 0 radical (unpaired) electrons. The predicted molar refractivity (Wildman–Crippen MR) is 117 cm³/mol. The number of nitrogens with one attached hydrogen (secondary N) is 2. The molecule has 14 heteroatoms. The zero-order valence-corrected chi connectivity index (χ0v) is 25.7. The average Bonchev–Trinajstić information content (AvgIpc) is 2.64. The van der Waals surface area contributed by atoms with E-state index in [2.05, 4.69) is 10.6 Å². The number of nitrogens with zero attached hydrogens (tertiary/aromatic N) is 1. The molecule has 4 N–H and O–H groups in total. The van der Waals surface area contributed by atoms with Crippen molar-refractivity contribution in [1.29, 1.82) is 0 Å². The van der Waals surface area contributed by atoms with Gasteiger partial charge in [-0.25, -0.2) is 0 Å². The first kappa shape index (κ1) is 34.5. The first-order valence-corrected chi connectivity index (χ1v) is 12.2. The third kappa shape index (κ3) is 19.3. The minimum absolute atomic E-state index is 0. The van der Waals surface area contributed by atoms with Crippen LogP contribution in [-0.2, 0) is 28.4 Å². The Morgan fingerprint density at radius 3 is 2.06 bits per heavy atom. The molecule has 0 saturated heterocycles. The Balaban J connectivity index is -0.00000450. The summed E-state index contributed by atoms with van der Waals surface area (Å²) in [4.78, 5) is 44.6. The van der Waals surface area contributed by atoms with Gasteiger partial charge in [0, 0.05) is 19.6 Å². The third-order valence-corrected chi connectivity index (χ3v) is 4.92. The number of likely N-dealkylation sites (N-methyl/N-ethyl adjacent to an activating group) is 2. The fraction of sp³-hybridized carbons (Fsp3) is 0.895. The van der Waals surface area contributed by atoms with Crippen molar-refractivity contribution in [3.8, 4) is 0 Å². The van der Waals surface area contributed by atoms with Crippen LogP contribution in [0.1, 0.15) is 33.6 Å². The summed E-state index contributed by atoms with van der Waals surface area (Å²) in [5.74, 6) is -0.863. The maximum atomic E-state index is 12.8. The van der Waals surface area contributed by atoms with Crippen LogP contribution in [0.4, 0.5) is 0 Å². The summed E-state index contributed by atoms with van der Waals surface area (Å²) in [6.07, 6.45) is -0.313. The molecule has 11 nitrogen and oxygen atoms in total. The molecule has 33 heavy (non-hydrogen) atoms. The number of ether oxygens (including phenoxy) is 3. The van der Waals surface area contributed by atoms with Gasteiger partial charge in [-0.05, 0) is 41.3 Å². The summed E-state index contributed by atoms with van der Waals surface area (Å²) in [6.45, 7) is 7.97. The number of esters is 1. The fourth-order valence-electron chi connectivity index (χ4n) is 2.48. The number of rotatable bonds is 17. The molecule has 1 amide bonds. The van der Waals surface area contributed by atoms with Crippen LogP contribution in [0.2, 0.25) is 0 Å². The van der Waals surface area contributed by atoms with Crippen LogP contribution >= 0.6 is 7.60 Å². The van der Waals surface area contributed by atoms with Crippen LogP contribution in [0, 0.1) is 0 Å². The van der Waals surface area contributed by atoms with Crippen molar-refractivity contribution in [1.82, 2.24) is 15.5 Å². The van der Waals surface area contributed by atoms with E-state index in [-0.39, 0.29) is 44.6 Å². The number of hydrogen-bond acceptors (Lipinski definition) is 8. The van der Waals surface area contributed by atoms with E-state index in [9.17, 15) is 14.2 Å². The maximum Gasteiger partial charge on any atom is 0.325 e. The van der Waals surface area contributed by atoms with E-state index in [1.165, 1.54) is 4.90 Å². The summed E-state index contributed by atoms with van der Waals surface area (Å²) in [7, 11) is -0.753. The molecule has 0 bridgehead atoms. The van der Waals surface area contributed by atoms with E-state index in [0.717, 1.165) is 6.54 Å². The number of carbonyl (C=O) groups is 2. The van der Waals surface area contributed by atoms with E-state index in [0.29, 0.717) is 19.8 Å². The molecule has 0 aromatic heterocycles. The molecule has 0 aliphatic rings. The summed E-state index contributed by atoms with van der Waals surface area (Å²) in [5.41, 5.74) is -0.679. The van der Waals surface area contributed by atoms with Crippen LogP contribution < -0.4 is 10.6 Å². The molecule has 208 valence electrons. The Kier molecular flexibility index (Phi) is 18.3. The molecule has 0 aromatic carbocycles. The van der Waals surface area contributed by atoms with Crippen molar-refractivity contribution >= 4 is 19.5 Å². The Labute approximate surface area is 185 Å². The maximum absolute atomic E-state index is 12.8. The van der Waals surface area contributed by atoms with Gasteiger partial charge in [-0.15, -0.1) is 0 Å². The largest absolute Gasteiger partial charge is 0.459 e. The Morgan fingerprint density at radius 2 is 1.58 bits per heavy atom. The fourth-order valence-corrected chi connectivity index (χ4v) is 3.03. The van der Waals surface area contributed by atoms with Gasteiger partial charge in [0.05, 0.1) is 39.0 Å². The zero-order chi connectivity index (χ0) is 23.9. The minimum Gasteiger partial charge on any atom is -0.459 e. The van der Waals surface area contributed by atoms with Crippen LogP contribution in [0.15, 0.2) is 0 Å². The van der Waals surface area contributed by atoms with Crippen molar-refractivity contribution in [2.24, 2.45) is 0 Å². The zero-order valence-electron chi connectivity index (χ0n) is 20.0. The molecule has 0 fully saturated rings. The van der Waals surface area contributed by atoms with E-state index in [1.807, 2.05) is 7.05 Å². The molecule has 0 heterocycles. The molecule has 0 spiro atoms. The summed E-state index contributed by atoms with van der Waals surface area (Å²) < 4.78 is 27.3. The number of hydrogen-bond donors (Lipinski definition) is 4.